The first-order valence-electron chi connectivity index (χ1n) is 7.09. The van der Waals surface area contributed by atoms with Crippen LogP contribution < -0.4 is 4.90 Å². The van der Waals surface area contributed by atoms with E-state index in [1.54, 1.807) is 0 Å². The predicted molar refractivity (Wildman–Crippen MR) is 82.5 cm³/mol. The molecule has 1 unspecified atom stereocenters. The number of rotatable bonds is 3. The van der Waals surface area contributed by atoms with Gasteiger partial charge in [-0.2, -0.15) is 0 Å². The number of fused-ring (bicyclic) bond motifs is 1. The van der Waals surface area contributed by atoms with Crippen molar-refractivity contribution in [3.63, 3.8) is 0 Å². The van der Waals surface area contributed by atoms with Crippen molar-refractivity contribution < 1.29 is 4.79 Å². The van der Waals surface area contributed by atoms with Gasteiger partial charge in [0.1, 0.15) is 0 Å². The van der Waals surface area contributed by atoms with Gasteiger partial charge in [-0.3, -0.25) is 4.79 Å². The summed E-state index contributed by atoms with van der Waals surface area (Å²) in [6.07, 6.45) is 1.03. The zero-order valence-corrected chi connectivity index (χ0v) is 12.0. The van der Waals surface area contributed by atoms with Crippen molar-refractivity contribution >= 4 is 11.5 Å². The molecule has 2 heteroatoms. The first-order valence-corrected chi connectivity index (χ1v) is 7.09. The Balaban J connectivity index is 1.83. The number of carbonyl (C=O) groups is 1. The molecule has 0 saturated carbocycles. The smallest absolute Gasteiger partial charge is 0.182 e. The van der Waals surface area contributed by atoms with E-state index in [2.05, 4.69) is 30.0 Å². The average Bonchev–Trinajstić information content (AvgIpc) is 2.75. The Morgan fingerprint density at radius 2 is 2.00 bits per heavy atom. The summed E-state index contributed by atoms with van der Waals surface area (Å²) >= 11 is 0. The van der Waals surface area contributed by atoms with E-state index in [0.29, 0.717) is 12.6 Å². The molecule has 3 rings (SSSR count). The van der Waals surface area contributed by atoms with Crippen molar-refractivity contribution in [3.8, 4) is 0 Å². The van der Waals surface area contributed by atoms with Crippen molar-refractivity contribution in [2.45, 2.75) is 26.3 Å². The largest absolute Gasteiger partial charge is 0.361 e. The second kappa shape index (κ2) is 5.12. The van der Waals surface area contributed by atoms with Crippen LogP contribution in [0.25, 0.3) is 0 Å². The number of ketones is 1. The molecule has 2 nitrogen and oxygen atoms in total. The zero-order chi connectivity index (χ0) is 14.1. The number of anilines is 1. The Morgan fingerprint density at radius 3 is 2.80 bits per heavy atom. The molecule has 0 aliphatic carbocycles. The topological polar surface area (TPSA) is 20.3 Å². The highest BCUT2D eigenvalue weighted by Crippen LogP contribution is 2.31. The summed E-state index contributed by atoms with van der Waals surface area (Å²) in [6.45, 7) is 4.66. The number of carbonyl (C=O) groups excluding carboxylic acids is 1. The number of Topliss-reactive ketones (excluding diaryl/α,β-unsaturated/α-hetero) is 1. The van der Waals surface area contributed by atoms with Gasteiger partial charge in [-0.25, -0.2) is 0 Å². The van der Waals surface area contributed by atoms with Crippen molar-refractivity contribution in [1.82, 2.24) is 0 Å². The SMILES string of the molecule is Cc1cccc(C(=O)CN2c3ccccc3CC2C)c1. The lowest BCUT2D eigenvalue weighted by atomic mass is 10.1. The fourth-order valence-corrected chi connectivity index (χ4v) is 2.94. The summed E-state index contributed by atoms with van der Waals surface area (Å²) in [5.41, 5.74) is 4.49. The minimum atomic E-state index is 0.192. The number of aryl methyl sites for hydroxylation is 1. The summed E-state index contributed by atoms with van der Waals surface area (Å²) in [5.74, 6) is 0.192. The Bertz CT molecular complexity index is 647. The van der Waals surface area contributed by atoms with Gasteiger partial charge in [-0.15, -0.1) is 0 Å². The van der Waals surface area contributed by atoms with Gasteiger partial charge in [0.05, 0.1) is 6.54 Å². The van der Waals surface area contributed by atoms with Crippen LogP contribution in [0.1, 0.15) is 28.4 Å². The van der Waals surface area contributed by atoms with Crippen LogP contribution in [-0.2, 0) is 6.42 Å². The lowest BCUT2D eigenvalue weighted by Gasteiger charge is -2.24. The molecule has 0 fully saturated rings. The molecule has 0 saturated heterocycles. The van der Waals surface area contributed by atoms with Crippen molar-refractivity contribution in [2.24, 2.45) is 0 Å². The fraction of sp³-hybridized carbons (Fsp3) is 0.278. The zero-order valence-electron chi connectivity index (χ0n) is 12.0. The van der Waals surface area contributed by atoms with Gasteiger partial charge in [-0.1, -0.05) is 42.0 Å². The number of hydrogen-bond donors (Lipinski definition) is 0. The van der Waals surface area contributed by atoms with Gasteiger partial charge in [0.25, 0.3) is 0 Å². The standard InChI is InChI=1S/C18H19NO/c1-13-6-5-8-16(10-13)18(20)12-19-14(2)11-15-7-3-4-9-17(15)19/h3-10,14H,11-12H2,1-2H3. The van der Waals surface area contributed by atoms with Crippen LogP contribution in [0.4, 0.5) is 5.69 Å². The molecule has 2 aromatic rings. The predicted octanol–water partition coefficient (Wildman–Crippen LogP) is 3.63. The number of benzene rings is 2. The van der Waals surface area contributed by atoms with E-state index in [1.165, 1.54) is 11.3 Å². The molecule has 0 N–H and O–H groups in total. The van der Waals surface area contributed by atoms with E-state index in [4.69, 9.17) is 0 Å². The molecule has 0 bridgehead atoms. The molecule has 20 heavy (non-hydrogen) atoms. The second-order valence-corrected chi connectivity index (χ2v) is 5.60. The van der Waals surface area contributed by atoms with Gasteiger partial charge in [0, 0.05) is 17.3 Å². The second-order valence-electron chi connectivity index (χ2n) is 5.60. The molecule has 1 atom stereocenters. The van der Waals surface area contributed by atoms with Crippen LogP contribution in [0.3, 0.4) is 0 Å². The molecule has 0 amide bonds. The normalized spacial score (nSPS) is 17.1. The molecular formula is C18H19NO. The molecule has 0 radical (unpaired) electrons. The quantitative estimate of drug-likeness (QED) is 0.790. The Hall–Kier alpha value is -2.09. The highest BCUT2D eigenvalue weighted by Gasteiger charge is 2.27. The molecule has 102 valence electrons. The Morgan fingerprint density at radius 1 is 1.20 bits per heavy atom. The van der Waals surface area contributed by atoms with Gasteiger partial charge in [0.15, 0.2) is 5.78 Å². The van der Waals surface area contributed by atoms with E-state index in [0.717, 1.165) is 17.5 Å². The van der Waals surface area contributed by atoms with E-state index in [1.807, 2.05) is 37.3 Å². The molecule has 2 aromatic carbocycles. The number of nitrogens with zero attached hydrogens (tertiary/aromatic N) is 1. The first-order chi connectivity index (χ1) is 9.65. The van der Waals surface area contributed by atoms with Gasteiger partial charge in [-0.05, 0) is 38.0 Å². The molecule has 1 aliphatic rings. The van der Waals surface area contributed by atoms with Crippen molar-refractivity contribution in [3.05, 3.63) is 65.2 Å². The molecule has 1 heterocycles. The van der Waals surface area contributed by atoms with E-state index in [9.17, 15) is 4.79 Å². The Kier molecular flexibility index (Phi) is 3.31. The van der Waals surface area contributed by atoms with E-state index in [-0.39, 0.29) is 5.78 Å². The summed E-state index contributed by atoms with van der Waals surface area (Å²) in [6, 6.07) is 16.6. The van der Waals surface area contributed by atoms with Crippen LogP contribution in [-0.4, -0.2) is 18.4 Å². The van der Waals surface area contributed by atoms with Crippen molar-refractivity contribution in [1.29, 1.82) is 0 Å². The van der Waals surface area contributed by atoms with Gasteiger partial charge < -0.3 is 4.90 Å². The maximum absolute atomic E-state index is 12.5. The van der Waals surface area contributed by atoms with Crippen LogP contribution in [0.15, 0.2) is 48.5 Å². The summed E-state index contributed by atoms with van der Waals surface area (Å²) in [5, 5.41) is 0. The summed E-state index contributed by atoms with van der Waals surface area (Å²) in [4.78, 5) is 14.7. The van der Waals surface area contributed by atoms with Gasteiger partial charge >= 0.3 is 0 Å². The highest BCUT2D eigenvalue weighted by molar-refractivity contribution is 5.99. The molecule has 0 aromatic heterocycles. The maximum Gasteiger partial charge on any atom is 0.182 e. The molecular weight excluding hydrogens is 246 g/mol. The summed E-state index contributed by atoms with van der Waals surface area (Å²) < 4.78 is 0. The van der Waals surface area contributed by atoms with E-state index >= 15 is 0 Å². The lowest BCUT2D eigenvalue weighted by Crippen LogP contribution is -2.34. The van der Waals surface area contributed by atoms with Crippen molar-refractivity contribution in [2.75, 3.05) is 11.4 Å². The number of para-hydroxylation sites is 1. The fourth-order valence-electron chi connectivity index (χ4n) is 2.94. The minimum absolute atomic E-state index is 0.192. The lowest BCUT2D eigenvalue weighted by molar-refractivity contribution is 0.0997. The average molecular weight is 265 g/mol. The van der Waals surface area contributed by atoms with E-state index < -0.39 is 0 Å². The third-order valence-electron chi connectivity index (χ3n) is 4.00. The Labute approximate surface area is 120 Å². The molecule has 0 spiro atoms. The van der Waals surface area contributed by atoms with Gasteiger partial charge in [0.2, 0.25) is 0 Å². The monoisotopic (exact) mass is 265 g/mol. The van der Waals surface area contributed by atoms with Crippen LogP contribution in [0, 0.1) is 6.92 Å². The third-order valence-corrected chi connectivity index (χ3v) is 4.00. The first kappa shape index (κ1) is 12.9. The van der Waals surface area contributed by atoms with Crippen LogP contribution in [0.2, 0.25) is 0 Å². The third kappa shape index (κ3) is 2.34. The highest BCUT2D eigenvalue weighted by atomic mass is 16.1. The number of hydrogen-bond acceptors (Lipinski definition) is 2. The minimum Gasteiger partial charge on any atom is -0.361 e. The van der Waals surface area contributed by atoms with Crippen LogP contribution in [0.5, 0.6) is 0 Å². The van der Waals surface area contributed by atoms with Crippen LogP contribution >= 0.6 is 0 Å². The summed E-state index contributed by atoms with van der Waals surface area (Å²) in [7, 11) is 0. The molecule has 1 aliphatic heterocycles. The maximum atomic E-state index is 12.5.